The number of hydrogen-bond donors (Lipinski definition) is 0. The van der Waals surface area contributed by atoms with Crippen LogP contribution in [0.2, 0.25) is 10.0 Å². The van der Waals surface area contributed by atoms with Crippen molar-refractivity contribution in [1.82, 2.24) is 4.57 Å². The second-order valence-corrected chi connectivity index (χ2v) is 5.63. The van der Waals surface area contributed by atoms with E-state index in [4.69, 9.17) is 23.2 Å². The van der Waals surface area contributed by atoms with Crippen LogP contribution in [0.3, 0.4) is 0 Å². The van der Waals surface area contributed by atoms with Crippen molar-refractivity contribution in [2.75, 3.05) is 0 Å². The first-order valence-electron chi connectivity index (χ1n) is 6.68. The van der Waals surface area contributed by atoms with Gasteiger partial charge >= 0.3 is 0 Å². The van der Waals surface area contributed by atoms with Gasteiger partial charge in [0.05, 0.1) is 21.2 Å². The highest BCUT2D eigenvalue weighted by molar-refractivity contribution is 6.43. The molecule has 20 heavy (non-hydrogen) atoms. The van der Waals surface area contributed by atoms with Crippen molar-refractivity contribution in [1.29, 1.82) is 0 Å². The van der Waals surface area contributed by atoms with Gasteiger partial charge in [0.1, 0.15) is 0 Å². The predicted molar refractivity (Wildman–Crippen MR) is 87.4 cm³/mol. The third-order valence-corrected chi connectivity index (χ3v) is 4.58. The normalized spacial score (nSPS) is 11.2. The Hall–Kier alpha value is -1.44. The minimum Gasteiger partial charge on any atom is -0.312 e. The summed E-state index contributed by atoms with van der Waals surface area (Å²) in [4.78, 5) is 0. The van der Waals surface area contributed by atoms with Gasteiger partial charge in [0, 0.05) is 11.1 Å². The molecule has 3 heteroatoms. The summed E-state index contributed by atoms with van der Waals surface area (Å²) < 4.78 is 2.20. The zero-order valence-corrected chi connectivity index (χ0v) is 13.0. The first-order valence-corrected chi connectivity index (χ1v) is 7.44. The van der Waals surface area contributed by atoms with Crippen molar-refractivity contribution in [2.24, 2.45) is 0 Å². The van der Waals surface area contributed by atoms with Crippen molar-refractivity contribution >= 4 is 34.1 Å². The van der Waals surface area contributed by atoms with Crippen molar-refractivity contribution in [3.63, 3.8) is 0 Å². The molecular weight excluding hydrogens is 289 g/mol. The Morgan fingerprint density at radius 1 is 1.00 bits per heavy atom. The lowest BCUT2D eigenvalue weighted by Gasteiger charge is -2.11. The summed E-state index contributed by atoms with van der Waals surface area (Å²) in [7, 11) is 0. The molecule has 3 aromatic rings. The Kier molecular flexibility index (Phi) is 3.49. The molecule has 0 aliphatic heterocycles. The summed E-state index contributed by atoms with van der Waals surface area (Å²) in [5, 5.41) is 2.46. The van der Waals surface area contributed by atoms with Crippen LogP contribution in [-0.2, 0) is 6.42 Å². The second kappa shape index (κ2) is 5.16. The van der Waals surface area contributed by atoms with Crippen LogP contribution < -0.4 is 0 Å². The highest BCUT2D eigenvalue weighted by Gasteiger charge is 2.16. The predicted octanol–water partition coefficient (Wildman–Crippen LogP) is 5.81. The topological polar surface area (TPSA) is 4.93 Å². The molecule has 1 aromatic heterocycles. The third-order valence-electron chi connectivity index (χ3n) is 3.77. The molecule has 0 radical (unpaired) electrons. The molecule has 0 unspecified atom stereocenters. The molecule has 0 saturated heterocycles. The maximum Gasteiger partial charge on any atom is 0.0832 e. The summed E-state index contributed by atoms with van der Waals surface area (Å²) in [5.41, 5.74) is 4.69. The molecule has 0 saturated carbocycles. The number of aryl methyl sites for hydroxylation is 1. The minimum atomic E-state index is 0.583. The fourth-order valence-corrected chi connectivity index (χ4v) is 3.24. The Morgan fingerprint density at radius 2 is 1.75 bits per heavy atom. The van der Waals surface area contributed by atoms with Crippen LogP contribution in [0.4, 0.5) is 0 Å². The van der Waals surface area contributed by atoms with Gasteiger partial charge in [0.15, 0.2) is 0 Å². The van der Waals surface area contributed by atoms with Crippen LogP contribution in [0.25, 0.3) is 16.6 Å². The highest BCUT2D eigenvalue weighted by Crippen LogP contribution is 2.35. The van der Waals surface area contributed by atoms with Gasteiger partial charge in [-0.3, -0.25) is 0 Å². The molecule has 0 aliphatic rings. The van der Waals surface area contributed by atoms with Crippen LogP contribution in [0, 0.1) is 6.92 Å². The summed E-state index contributed by atoms with van der Waals surface area (Å²) in [6.45, 7) is 4.31. The van der Waals surface area contributed by atoms with Gasteiger partial charge in [-0.15, -0.1) is 0 Å². The molecule has 0 spiro atoms. The lowest BCUT2D eigenvalue weighted by molar-refractivity contribution is 1.01. The Morgan fingerprint density at radius 3 is 2.50 bits per heavy atom. The fraction of sp³-hybridized carbons (Fsp3) is 0.176. The first kappa shape index (κ1) is 13.5. The van der Waals surface area contributed by atoms with E-state index in [9.17, 15) is 0 Å². The van der Waals surface area contributed by atoms with Crippen molar-refractivity contribution in [3.05, 3.63) is 63.8 Å². The first-order chi connectivity index (χ1) is 9.65. The van der Waals surface area contributed by atoms with E-state index in [1.54, 1.807) is 0 Å². The zero-order valence-electron chi connectivity index (χ0n) is 11.5. The van der Waals surface area contributed by atoms with Gasteiger partial charge in [-0.25, -0.2) is 0 Å². The smallest absolute Gasteiger partial charge is 0.0832 e. The van der Waals surface area contributed by atoms with Crippen LogP contribution in [0.15, 0.2) is 42.5 Å². The molecule has 0 N–H and O–H groups in total. The molecule has 0 amide bonds. The zero-order chi connectivity index (χ0) is 14.3. The maximum absolute atomic E-state index is 6.40. The summed E-state index contributed by atoms with van der Waals surface area (Å²) in [6.07, 6.45) is 0.998. The molecular formula is C17H15Cl2N. The third kappa shape index (κ3) is 1.93. The average molecular weight is 304 g/mol. The van der Waals surface area contributed by atoms with Crippen molar-refractivity contribution in [2.45, 2.75) is 20.3 Å². The maximum atomic E-state index is 6.40. The number of para-hydroxylation sites is 1. The second-order valence-electron chi connectivity index (χ2n) is 4.84. The Labute approximate surface area is 128 Å². The molecule has 102 valence electrons. The monoisotopic (exact) mass is 303 g/mol. The van der Waals surface area contributed by atoms with Gasteiger partial charge in [-0.1, -0.05) is 54.4 Å². The van der Waals surface area contributed by atoms with Gasteiger partial charge in [-0.2, -0.15) is 0 Å². The van der Waals surface area contributed by atoms with Crippen molar-refractivity contribution in [3.8, 4) is 5.69 Å². The Bertz CT molecular complexity index is 787. The number of nitrogens with zero attached hydrogens (tertiary/aromatic N) is 1. The van der Waals surface area contributed by atoms with Gasteiger partial charge in [0.2, 0.25) is 0 Å². The number of halogens is 2. The average Bonchev–Trinajstić information content (AvgIpc) is 2.74. The minimum absolute atomic E-state index is 0.583. The van der Waals surface area contributed by atoms with E-state index in [2.05, 4.69) is 42.7 Å². The molecule has 1 heterocycles. The molecule has 0 bridgehead atoms. The number of benzene rings is 2. The van der Waals surface area contributed by atoms with E-state index < -0.39 is 0 Å². The van der Waals surface area contributed by atoms with E-state index in [1.807, 2.05) is 18.2 Å². The number of fused-ring (bicyclic) bond motifs is 1. The largest absolute Gasteiger partial charge is 0.312 e. The van der Waals surface area contributed by atoms with E-state index in [0.29, 0.717) is 10.0 Å². The van der Waals surface area contributed by atoms with Gasteiger partial charge in [0.25, 0.3) is 0 Å². The van der Waals surface area contributed by atoms with Gasteiger partial charge < -0.3 is 4.57 Å². The lowest BCUT2D eigenvalue weighted by atomic mass is 10.1. The number of hydrogen-bond acceptors (Lipinski definition) is 0. The molecule has 2 aromatic carbocycles. The quantitative estimate of drug-likeness (QED) is 0.563. The van der Waals surface area contributed by atoms with Gasteiger partial charge in [-0.05, 0) is 37.1 Å². The van der Waals surface area contributed by atoms with E-state index in [0.717, 1.165) is 12.1 Å². The summed E-state index contributed by atoms with van der Waals surface area (Å²) in [6, 6.07) is 14.2. The Balaban J connectivity index is 2.42. The summed E-state index contributed by atoms with van der Waals surface area (Å²) in [5.74, 6) is 0. The number of rotatable bonds is 2. The highest BCUT2D eigenvalue weighted by atomic mass is 35.5. The number of aromatic nitrogens is 1. The molecule has 0 aliphatic carbocycles. The van der Waals surface area contributed by atoms with Crippen LogP contribution >= 0.6 is 23.2 Å². The molecule has 0 fully saturated rings. The molecule has 1 nitrogen and oxygen atoms in total. The standard InChI is InChI=1S/C17H15Cl2N/c1-3-12-11(2)20(15-9-5-4-7-13(12)15)16-10-6-8-14(18)17(16)19/h4-10H,3H2,1-2H3. The van der Waals surface area contributed by atoms with Crippen LogP contribution in [0.5, 0.6) is 0 Å². The van der Waals surface area contributed by atoms with E-state index in [1.165, 1.54) is 22.2 Å². The van der Waals surface area contributed by atoms with Crippen LogP contribution in [-0.4, -0.2) is 4.57 Å². The lowest BCUT2D eigenvalue weighted by Crippen LogP contribution is -1.98. The molecule has 3 rings (SSSR count). The van der Waals surface area contributed by atoms with Crippen LogP contribution in [0.1, 0.15) is 18.2 Å². The fourth-order valence-electron chi connectivity index (χ4n) is 2.86. The SMILES string of the molecule is CCc1c(C)n(-c2cccc(Cl)c2Cl)c2ccccc12. The van der Waals surface area contributed by atoms with Crippen molar-refractivity contribution < 1.29 is 0 Å². The summed E-state index contributed by atoms with van der Waals surface area (Å²) >= 11 is 12.6. The molecule has 0 atom stereocenters. The van der Waals surface area contributed by atoms with E-state index >= 15 is 0 Å². The van der Waals surface area contributed by atoms with E-state index in [-0.39, 0.29) is 0 Å².